The quantitative estimate of drug-likeness (QED) is 0.192. The maximum absolute atomic E-state index is 6.87. The van der Waals surface area contributed by atoms with Crippen LogP contribution in [-0.2, 0) is 0 Å². The van der Waals surface area contributed by atoms with E-state index in [1.165, 1.54) is 10.8 Å². The highest BCUT2D eigenvalue weighted by atomic mass is 16.5. The van der Waals surface area contributed by atoms with Gasteiger partial charge in [-0.25, -0.2) is 0 Å². The summed E-state index contributed by atoms with van der Waals surface area (Å²) in [5.41, 5.74) is 9.19. The van der Waals surface area contributed by atoms with Gasteiger partial charge in [0, 0.05) is 38.7 Å². The number of ether oxygens (including phenoxy) is 1. The van der Waals surface area contributed by atoms with E-state index < -0.39 is 0 Å². The van der Waals surface area contributed by atoms with E-state index in [0.29, 0.717) is 0 Å². The van der Waals surface area contributed by atoms with E-state index in [1.807, 2.05) is 12.1 Å². The van der Waals surface area contributed by atoms with Gasteiger partial charge in [0.2, 0.25) is 0 Å². The Balaban J connectivity index is 1.07. The lowest BCUT2D eigenvalue weighted by molar-refractivity contribution is 0.263. The molecule has 10 rings (SSSR count). The summed E-state index contributed by atoms with van der Waals surface area (Å²) < 4.78 is 13.2. The zero-order chi connectivity index (χ0) is 32.3. The van der Waals surface area contributed by atoms with Crippen molar-refractivity contribution in [1.29, 1.82) is 0 Å². The predicted octanol–water partition coefficient (Wildman–Crippen LogP) is 12.5. The van der Waals surface area contributed by atoms with Crippen LogP contribution in [0, 0.1) is 0 Å². The molecule has 1 aliphatic heterocycles. The number of hydrogen-bond acceptors (Lipinski definition) is 4. The number of hydrogen-bond donors (Lipinski definition) is 1. The molecule has 1 aliphatic rings. The Hall–Kier alpha value is -6.52. The fraction of sp³-hybridized carbons (Fsp3) is 0.0222. The molecule has 9 aromatic rings. The zero-order valence-corrected chi connectivity index (χ0v) is 26.5. The van der Waals surface area contributed by atoms with Crippen LogP contribution in [0.2, 0.25) is 0 Å². The van der Waals surface area contributed by atoms with Crippen molar-refractivity contribution in [2.45, 2.75) is 6.23 Å². The summed E-state index contributed by atoms with van der Waals surface area (Å²) >= 11 is 0. The van der Waals surface area contributed by atoms with Gasteiger partial charge in [0.05, 0.1) is 11.4 Å². The van der Waals surface area contributed by atoms with Gasteiger partial charge < -0.3 is 19.4 Å². The van der Waals surface area contributed by atoms with Gasteiger partial charge in [0.15, 0.2) is 12.0 Å². The van der Waals surface area contributed by atoms with Crippen molar-refractivity contribution in [1.82, 2.24) is 0 Å². The standard InChI is InChI=1S/C45H30N2O2/c1-2-12-32(13-3-1)47(33-26-23-30(24-27-33)35-17-10-18-37-36-15-7-9-20-41(36)48-43(35)37)40-19-8-6-16-38(40)45-46-39-28-25-31-22-21-29-11-4-5-14-34(29)42(31)44(39)49-45/h1-28,45-46H. The molecule has 0 saturated heterocycles. The molecule has 1 N–H and O–H groups in total. The van der Waals surface area contributed by atoms with Crippen LogP contribution >= 0.6 is 0 Å². The number of furan rings is 1. The van der Waals surface area contributed by atoms with Crippen molar-refractivity contribution in [3.63, 3.8) is 0 Å². The molecule has 1 unspecified atom stereocenters. The lowest BCUT2D eigenvalue weighted by atomic mass is 10.0. The molecule has 4 heteroatoms. The van der Waals surface area contributed by atoms with Crippen LogP contribution in [0.15, 0.2) is 174 Å². The van der Waals surface area contributed by atoms with Gasteiger partial charge in [-0.15, -0.1) is 0 Å². The summed E-state index contributed by atoms with van der Waals surface area (Å²) in [7, 11) is 0. The molecule has 0 amide bonds. The van der Waals surface area contributed by atoms with E-state index in [2.05, 4.69) is 168 Å². The molecule has 0 saturated carbocycles. The first kappa shape index (κ1) is 27.6. The van der Waals surface area contributed by atoms with Crippen LogP contribution in [0.3, 0.4) is 0 Å². The van der Waals surface area contributed by atoms with Gasteiger partial charge in [-0.1, -0.05) is 127 Å². The van der Waals surface area contributed by atoms with Crippen molar-refractivity contribution in [3.8, 4) is 16.9 Å². The van der Waals surface area contributed by atoms with Crippen molar-refractivity contribution in [2.24, 2.45) is 0 Å². The van der Waals surface area contributed by atoms with Gasteiger partial charge in [-0.3, -0.25) is 0 Å². The maximum atomic E-state index is 6.87. The van der Waals surface area contributed by atoms with Gasteiger partial charge in [0.1, 0.15) is 11.2 Å². The van der Waals surface area contributed by atoms with Crippen LogP contribution in [0.25, 0.3) is 54.6 Å². The first-order valence-electron chi connectivity index (χ1n) is 16.6. The van der Waals surface area contributed by atoms with E-state index in [0.717, 1.165) is 77.9 Å². The number of fused-ring (bicyclic) bond motifs is 8. The third kappa shape index (κ3) is 4.45. The molecule has 8 aromatic carbocycles. The first-order chi connectivity index (χ1) is 24.3. The average Bonchev–Trinajstić information content (AvgIpc) is 3.78. The first-order valence-corrected chi connectivity index (χ1v) is 16.6. The minimum atomic E-state index is -0.369. The molecule has 0 radical (unpaired) electrons. The highest BCUT2D eigenvalue weighted by Crippen LogP contribution is 2.48. The number of nitrogens with one attached hydrogen (secondary N) is 1. The summed E-state index contributed by atoms with van der Waals surface area (Å²) in [5.74, 6) is 0.893. The number of rotatable bonds is 5. The topological polar surface area (TPSA) is 37.6 Å². The van der Waals surface area contributed by atoms with Gasteiger partial charge in [-0.2, -0.15) is 0 Å². The molecule has 0 fully saturated rings. The number of benzene rings is 8. The molecule has 49 heavy (non-hydrogen) atoms. The van der Waals surface area contributed by atoms with Gasteiger partial charge in [-0.05, 0) is 64.2 Å². The molecule has 1 aromatic heterocycles. The Kier molecular flexibility index (Phi) is 6.21. The fourth-order valence-electron chi connectivity index (χ4n) is 7.41. The molecule has 0 aliphatic carbocycles. The third-order valence-electron chi connectivity index (χ3n) is 9.70. The van der Waals surface area contributed by atoms with E-state index in [9.17, 15) is 0 Å². The highest BCUT2D eigenvalue weighted by Gasteiger charge is 2.30. The number of nitrogens with zero attached hydrogens (tertiary/aromatic N) is 1. The molecule has 0 bridgehead atoms. The number of para-hydroxylation sites is 4. The van der Waals surface area contributed by atoms with Gasteiger partial charge >= 0.3 is 0 Å². The number of anilines is 4. The molecule has 232 valence electrons. The predicted molar refractivity (Wildman–Crippen MR) is 202 cm³/mol. The highest BCUT2D eigenvalue weighted by molar-refractivity contribution is 6.13. The van der Waals surface area contributed by atoms with Crippen LogP contribution in [0.4, 0.5) is 22.7 Å². The summed E-state index contributed by atoms with van der Waals surface area (Å²) in [6.07, 6.45) is -0.369. The maximum Gasteiger partial charge on any atom is 0.198 e. The molecular formula is C45H30N2O2. The third-order valence-corrected chi connectivity index (χ3v) is 9.70. The summed E-state index contributed by atoms with van der Waals surface area (Å²) in [6.45, 7) is 0. The Labute approximate surface area is 283 Å². The molecule has 0 spiro atoms. The second kappa shape index (κ2) is 11.0. The Bertz CT molecular complexity index is 2680. The lowest BCUT2D eigenvalue weighted by Crippen LogP contribution is -2.17. The minimum absolute atomic E-state index is 0.369. The molecular weight excluding hydrogens is 601 g/mol. The SMILES string of the molecule is c1ccc(N(c2ccc(-c3cccc4c3oc3ccccc34)cc2)c2ccccc2C2Nc3ccc4ccc5ccccc5c4c3O2)cc1. The van der Waals surface area contributed by atoms with Crippen LogP contribution in [-0.4, -0.2) is 0 Å². The fourth-order valence-corrected chi connectivity index (χ4v) is 7.41. The van der Waals surface area contributed by atoms with Gasteiger partial charge in [0.25, 0.3) is 0 Å². The second-order valence-electron chi connectivity index (χ2n) is 12.5. The van der Waals surface area contributed by atoms with Crippen molar-refractivity contribution in [2.75, 3.05) is 10.2 Å². The Morgan fingerprint density at radius 1 is 0.510 bits per heavy atom. The van der Waals surface area contributed by atoms with Crippen molar-refractivity contribution in [3.05, 3.63) is 175 Å². The summed E-state index contributed by atoms with van der Waals surface area (Å²) in [5, 5.41) is 10.7. The average molecular weight is 631 g/mol. The van der Waals surface area contributed by atoms with Crippen molar-refractivity contribution >= 4 is 66.2 Å². The van der Waals surface area contributed by atoms with E-state index in [4.69, 9.17) is 9.15 Å². The monoisotopic (exact) mass is 630 g/mol. The van der Waals surface area contributed by atoms with Crippen LogP contribution < -0.4 is 15.0 Å². The summed E-state index contributed by atoms with van der Waals surface area (Å²) in [4.78, 5) is 2.31. The normalized spacial score (nSPS) is 13.8. The Morgan fingerprint density at radius 3 is 2.10 bits per heavy atom. The molecule has 1 atom stereocenters. The van der Waals surface area contributed by atoms with Crippen molar-refractivity contribution < 1.29 is 9.15 Å². The lowest BCUT2D eigenvalue weighted by Gasteiger charge is -2.29. The van der Waals surface area contributed by atoms with E-state index in [1.54, 1.807) is 0 Å². The zero-order valence-electron chi connectivity index (χ0n) is 26.5. The largest absolute Gasteiger partial charge is 0.464 e. The Morgan fingerprint density at radius 2 is 1.20 bits per heavy atom. The molecule has 4 nitrogen and oxygen atoms in total. The second-order valence-corrected chi connectivity index (χ2v) is 12.5. The minimum Gasteiger partial charge on any atom is -0.464 e. The smallest absolute Gasteiger partial charge is 0.198 e. The summed E-state index contributed by atoms with van der Waals surface area (Å²) in [6, 6.07) is 59.6. The van der Waals surface area contributed by atoms with E-state index in [-0.39, 0.29) is 6.23 Å². The molecule has 2 heterocycles. The van der Waals surface area contributed by atoms with E-state index >= 15 is 0 Å². The van der Waals surface area contributed by atoms with Crippen LogP contribution in [0.1, 0.15) is 11.8 Å². The van der Waals surface area contributed by atoms with Crippen LogP contribution in [0.5, 0.6) is 5.75 Å².